The maximum absolute atomic E-state index is 4.32. The summed E-state index contributed by atoms with van der Waals surface area (Å²) in [6.07, 6.45) is 6.51. The van der Waals surface area contributed by atoms with E-state index in [0.29, 0.717) is 0 Å². The molecule has 0 spiro atoms. The predicted octanol–water partition coefficient (Wildman–Crippen LogP) is 2.74. The lowest BCUT2D eigenvalue weighted by molar-refractivity contribution is 0.726. The number of fused-ring (bicyclic) bond motifs is 1. The molecule has 1 aliphatic heterocycles. The van der Waals surface area contributed by atoms with Crippen LogP contribution < -0.4 is 10.6 Å². The molecule has 1 aliphatic carbocycles. The molecule has 0 radical (unpaired) electrons. The number of nitrogens with zero attached hydrogens (tertiary/aromatic N) is 1. The van der Waals surface area contributed by atoms with Crippen molar-refractivity contribution < 1.29 is 0 Å². The quantitative estimate of drug-likeness (QED) is 0.663. The van der Waals surface area contributed by atoms with E-state index >= 15 is 0 Å². The summed E-state index contributed by atoms with van der Waals surface area (Å²) in [6, 6.07) is 6.90. The van der Waals surface area contributed by atoms with Gasteiger partial charge in [-0.25, -0.2) is 0 Å². The molecule has 1 saturated heterocycles. The molecule has 0 bridgehead atoms. The van der Waals surface area contributed by atoms with E-state index in [-0.39, 0.29) is 0 Å². The van der Waals surface area contributed by atoms with Crippen molar-refractivity contribution in [1.82, 2.24) is 10.6 Å². The Morgan fingerprint density at radius 2 is 2.14 bits per heavy atom. The highest BCUT2D eigenvalue weighted by Crippen LogP contribution is 2.25. The van der Waals surface area contributed by atoms with Gasteiger partial charge in [-0.15, -0.1) is 0 Å². The summed E-state index contributed by atoms with van der Waals surface area (Å²) in [5.74, 6) is 2.23. The van der Waals surface area contributed by atoms with E-state index in [0.717, 1.165) is 24.3 Å². The molecule has 3 rings (SSSR count). The first kappa shape index (κ1) is 14.8. The summed E-state index contributed by atoms with van der Waals surface area (Å²) in [4.78, 5) is 4.32. The van der Waals surface area contributed by atoms with E-state index in [9.17, 15) is 0 Å². The second kappa shape index (κ2) is 7.21. The van der Waals surface area contributed by atoms with Crippen molar-refractivity contribution in [2.24, 2.45) is 4.99 Å². The van der Waals surface area contributed by atoms with Crippen LogP contribution in [0, 0.1) is 0 Å². The Morgan fingerprint density at radius 3 is 2.95 bits per heavy atom. The van der Waals surface area contributed by atoms with Crippen molar-refractivity contribution in [2.75, 3.05) is 19.3 Å². The Hall–Kier alpha value is -1.16. The summed E-state index contributed by atoms with van der Waals surface area (Å²) >= 11 is 2.08. The van der Waals surface area contributed by atoms with Gasteiger partial charge in [0.1, 0.15) is 0 Å². The highest BCUT2D eigenvalue weighted by molar-refractivity contribution is 8.00. The SMILES string of the molecule is CN=C(NCc1ccc2c(c1)CCC2)NCC1CCCS1. The standard InChI is InChI=1S/C17H25N3S/c1-18-17(20-12-16-6-3-9-21-16)19-11-13-7-8-14-4-2-5-15(14)10-13/h7-8,10,16H,2-6,9,11-12H2,1H3,(H2,18,19,20). The third kappa shape index (κ3) is 3.94. The number of aryl methyl sites for hydroxylation is 2. The first-order valence-corrected chi connectivity index (χ1v) is 9.07. The molecule has 1 aromatic carbocycles. The van der Waals surface area contributed by atoms with Crippen LogP contribution in [0.1, 0.15) is 36.0 Å². The van der Waals surface area contributed by atoms with Gasteiger partial charge in [0.25, 0.3) is 0 Å². The summed E-state index contributed by atoms with van der Waals surface area (Å²) in [5.41, 5.74) is 4.44. The number of hydrogen-bond acceptors (Lipinski definition) is 2. The summed E-state index contributed by atoms with van der Waals surface area (Å²) in [7, 11) is 1.85. The molecule has 1 fully saturated rings. The highest BCUT2D eigenvalue weighted by Gasteiger charge is 2.15. The van der Waals surface area contributed by atoms with E-state index in [4.69, 9.17) is 0 Å². The van der Waals surface area contributed by atoms with Gasteiger partial charge in [0.15, 0.2) is 5.96 Å². The smallest absolute Gasteiger partial charge is 0.191 e. The fourth-order valence-corrected chi connectivity index (χ4v) is 4.36. The molecule has 0 aromatic heterocycles. The van der Waals surface area contributed by atoms with Crippen LogP contribution in [0.4, 0.5) is 0 Å². The molecule has 1 heterocycles. The van der Waals surface area contributed by atoms with E-state index in [2.05, 4.69) is 45.6 Å². The number of thioether (sulfide) groups is 1. The minimum absolute atomic E-state index is 0.753. The van der Waals surface area contributed by atoms with Crippen molar-refractivity contribution in [3.8, 4) is 0 Å². The molecule has 114 valence electrons. The van der Waals surface area contributed by atoms with Crippen molar-refractivity contribution in [3.63, 3.8) is 0 Å². The summed E-state index contributed by atoms with van der Waals surface area (Å²) in [6.45, 7) is 1.87. The normalized spacial score (nSPS) is 21.4. The van der Waals surface area contributed by atoms with Gasteiger partial charge in [-0.05, 0) is 54.5 Å². The van der Waals surface area contributed by atoms with Gasteiger partial charge in [-0.1, -0.05) is 18.2 Å². The number of benzene rings is 1. The molecular formula is C17H25N3S. The van der Waals surface area contributed by atoms with Crippen molar-refractivity contribution >= 4 is 17.7 Å². The van der Waals surface area contributed by atoms with Gasteiger partial charge in [-0.2, -0.15) is 11.8 Å². The number of nitrogens with one attached hydrogen (secondary N) is 2. The van der Waals surface area contributed by atoms with Gasteiger partial charge in [0.2, 0.25) is 0 Å². The van der Waals surface area contributed by atoms with Gasteiger partial charge in [0.05, 0.1) is 0 Å². The van der Waals surface area contributed by atoms with E-state index in [1.165, 1.54) is 43.4 Å². The minimum atomic E-state index is 0.753. The Morgan fingerprint density at radius 1 is 1.24 bits per heavy atom. The average Bonchev–Trinajstić information content (AvgIpc) is 3.18. The van der Waals surface area contributed by atoms with Crippen molar-refractivity contribution in [3.05, 3.63) is 34.9 Å². The number of aliphatic imine (C=N–C) groups is 1. The maximum atomic E-state index is 4.32. The molecule has 3 nitrogen and oxygen atoms in total. The zero-order valence-electron chi connectivity index (χ0n) is 12.8. The number of rotatable bonds is 4. The first-order chi connectivity index (χ1) is 10.3. The van der Waals surface area contributed by atoms with Crippen molar-refractivity contribution in [1.29, 1.82) is 0 Å². The summed E-state index contributed by atoms with van der Waals surface area (Å²) in [5, 5.41) is 7.64. The molecule has 1 unspecified atom stereocenters. The molecule has 2 N–H and O–H groups in total. The number of guanidine groups is 1. The first-order valence-electron chi connectivity index (χ1n) is 8.02. The Bertz CT molecular complexity index is 507. The molecule has 21 heavy (non-hydrogen) atoms. The molecular weight excluding hydrogens is 278 g/mol. The zero-order chi connectivity index (χ0) is 14.5. The van der Waals surface area contributed by atoms with Crippen LogP contribution in [0.5, 0.6) is 0 Å². The second-order valence-corrected chi connectivity index (χ2v) is 7.31. The average molecular weight is 303 g/mol. The third-order valence-electron chi connectivity index (χ3n) is 4.37. The van der Waals surface area contributed by atoms with E-state index < -0.39 is 0 Å². The Balaban J connectivity index is 1.48. The van der Waals surface area contributed by atoms with Gasteiger partial charge >= 0.3 is 0 Å². The lowest BCUT2D eigenvalue weighted by Crippen LogP contribution is -2.39. The summed E-state index contributed by atoms with van der Waals surface area (Å²) < 4.78 is 0. The zero-order valence-corrected chi connectivity index (χ0v) is 13.6. The largest absolute Gasteiger partial charge is 0.355 e. The fourth-order valence-electron chi connectivity index (χ4n) is 3.16. The Labute approximate surface area is 132 Å². The lowest BCUT2D eigenvalue weighted by Gasteiger charge is -2.15. The third-order valence-corrected chi connectivity index (χ3v) is 5.77. The van der Waals surface area contributed by atoms with Crippen LogP contribution >= 0.6 is 11.8 Å². The topological polar surface area (TPSA) is 36.4 Å². The van der Waals surface area contributed by atoms with E-state index in [1.807, 2.05) is 7.05 Å². The highest BCUT2D eigenvalue weighted by atomic mass is 32.2. The van der Waals surface area contributed by atoms with Crippen LogP contribution in [0.25, 0.3) is 0 Å². The second-order valence-electron chi connectivity index (χ2n) is 5.90. The minimum Gasteiger partial charge on any atom is -0.355 e. The van der Waals surface area contributed by atoms with E-state index in [1.54, 1.807) is 11.1 Å². The van der Waals surface area contributed by atoms with Crippen LogP contribution in [0.2, 0.25) is 0 Å². The molecule has 1 aromatic rings. The van der Waals surface area contributed by atoms with Gasteiger partial charge in [-0.3, -0.25) is 4.99 Å². The maximum Gasteiger partial charge on any atom is 0.191 e. The number of hydrogen-bond donors (Lipinski definition) is 2. The fraction of sp³-hybridized carbons (Fsp3) is 0.588. The van der Waals surface area contributed by atoms with Crippen LogP contribution in [0.3, 0.4) is 0 Å². The van der Waals surface area contributed by atoms with Crippen LogP contribution in [-0.2, 0) is 19.4 Å². The van der Waals surface area contributed by atoms with Gasteiger partial charge in [0, 0.05) is 25.4 Å². The van der Waals surface area contributed by atoms with Crippen LogP contribution in [-0.4, -0.2) is 30.6 Å². The molecule has 4 heteroatoms. The molecule has 2 aliphatic rings. The molecule has 0 saturated carbocycles. The predicted molar refractivity (Wildman–Crippen MR) is 92.1 cm³/mol. The monoisotopic (exact) mass is 303 g/mol. The molecule has 0 amide bonds. The van der Waals surface area contributed by atoms with Gasteiger partial charge < -0.3 is 10.6 Å². The lowest BCUT2D eigenvalue weighted by atomic mass is 10.1. The van der Waals surface area contributed by atoms with Crippen molar-refractivity contribution in [2.45, 2.75) is 43.9 Å². The molecule has 1 atom stereocenters. The van der Waals surface area contributed by atoms with Crippen LogP contribution in [0.15, 0.2) is 23.2 Å². The Kier molecular flexibility index (Phi) is 5.07.